The largest absolute Gasteiger partial charge is 0.397 e. The molecule has 4 nitrogen and oxygen atoms in total. The number of amides is 1. The topological polar surface area (TPSA) is 67.2 Å². The van der Waals surface area contributed by atoms with E-state index >= 15 is 0 Å². The maximum Gasteiger partial charge on any atom is 0.224 e. The van der Waals surface area contributed by atoms with Crippen molar-refractivity contribution in [2.24, 2.45) is 0 Å². The number of halogens is 1. The molecule has 1 aliphatic rings. The molecule has 0 bridgehead atoms. The van der Waals surface area contributed by atoms with Crippen LogP contribution in [0.5, 0.6) is 0 Å². The lowest BCUT2D eigenvalue weighted by Crippen LogP contribution is -2.19. The molecule has 108 valence electrons. The average molecular weight is 346 g/mol. The Balaban J connectivity index is 1.92. The fourth-order valence-electron chi connectivity index (χ4n) is 2.43. The van der Waals surface area contributed by atoms with Crippen molar-refractivity contribution < 1.29 is 4.79 Å². The van der Waals surface area contributed by atoms with Crippen molar-refractivity contribution in [3.05, 3.63) is 45.9 Å². The van der Waals surface area contributed by atoms with Crippen LogP contribution < -0.4 is 16.4 Å². The molecule has 2 aromatic rings. The van der Waals surface area contributed by atoms with E-state index in [1.165, 1.54) is 0 Å². The highest BCUT2D eigenvalue weighted by Gasteiger charge is 2.16. The van der Waals surface area contributed by atoms with Gasteiger partial charge in [-0.15, -0.1) is 0 Å². The van der Waals surface area contributed by atoms with E-state index < -0.39 is 0 Å². The van der Waals surface area contributed by atoms with Crippen molar-refractivity contribution in [2.75, 3.05) is 16.4 Å². The number of aryl methyl sites for hydroxylation is 2. The van der Waals surface area contributed by atoms with Gasteiger partial charge in [0, 0.05) is 22.3 Å². The third-order valence-corrected chi connectivity index (χ3v) is 4.50. The molecule has 0 spiro atoms. The molecule has 0 fully saturated rings. The molecule has 0 aromatic heterocycles. The first-order valence-corrected chi connectivity index (χ1v) is 7.57. The number of hydrogen-bond donors (Lipinski definition) is 3. The fourth-order valence-corrected chi connectivity index (χ4v) is 2.68. The van der Waals surface area contributed by atoms with Crippen molar-refractivity contribution in [3.8, 4) is 0 Å². The molecule has 1 aliphatic heterocycles. The standard InChI is InChI=1S/C16H16BrN3O/c1-9-6-11(3-4-12(9)17)19-15-7-10-2-5-16(21)20-14(10)8-13(15)18/h3-4,6-8,19H,2,5,18H2,1H3,(H,20,21). The molecular weight excluding hydrogens is 330 g/mol. The van der Waals surface area contributed by atoms with Gasteiger partial charge in [0.1, 0.15) is 0 Å². The SMILES string of the molecule is Cc1cc(Nc2cc3c(cc2N)NC(=O)CC3)ccc1Br. The van der Waals surface area contributed by atoms with Gasteiger partial charge in [0.25, 0.3) is 0 Å². The summed E-state index contributed by atoms with van der Waals surface area (Å²) in [6.45, 7) is 2.04. The van der Waals surface area contributed by atoms with Crippen molar-refractivity contribution in [1.29, 1.82) is 0 Å². The number of fused-ring (bicyclic) bond motifs is 1. The van der Waals surface area contributed by atoms with Gasteiger partial charge in [0.15, 0.2) is 0 Å². The average Bonchev–Trinajstić information content (AvgIpc) is 2.44. The molecule has 3 rings (SSSR count). The summed E-state index contributed by atoms with van der Waals surface area (Å²) in [6.07, 6.45) is 1.27. The highest BCUT2D eigenvalue weighted by atomic mass is 79.9. The third-order valence-electron chi connectivity index (χ3n) is 3.61. The van der Waals surface area contributed by atoms with Gasteiger partial charge in [-0.1, -0.05) is 15.9 Å². The first-order chi connectivity index (χ1) is 10.0. The van der Waals surface area contributed by atoms with Gasteiger partial charge < -0.3 is 16.4 Å². The maximum atomic E-state index is 11.4. The lowest BCUT2D eigenvalue weighted by molar-refractivity contribution is -0.116. The zero-order valence-corrected chi connectivity index (χ0v) is 13.3. The minimum Gasteiger partial charge on any atom is -0.397 e. The van der Waals surface area contributed by atoms with Gasteiger partial charge >= 0.3 is 0 Å². The summed E-state index contributed by atoms with van der Waals surface area (Å²) in [6, 6.07) is 9.90. The maximum absolute atomic E-state index is 11.4. The summed E-state index contributed by atoms with van der Waals surface area (Å²) < 4.78 is 1.08. The number of rotatable bonds is 2. The third kappa shape index (κ3) is 2.88. The van der Waals surface area contributed by atoms with E-state index in [9.17, 15) is 4.79 Å². The molecule has 0 saturated heterocycles. The lowest BCUT2D eigenvalue weighted by Gasteiger charge is -2.20. The molecule has 5 heteroatoms. The molecule has 0 unspecified atom stereocenters. The number of benzene rings is 2. The van der Waals surface area contributed by atoms with Gasteiger partial charge in [0.05, 0.1) is 11.4 Å². The minimum atomic E-state index is 0.0474. The van der Waals surface area contributed by atoms with Gasteiger partial charge in [0.2, 0.25) is 5.91 Å². The number of anilines is 4. The van der Waals surface area contributed by atoms with Crippen molar-refractivity contribution in [1.82, 2.24) is 0 Å². The van der Waals surface area contributed by atoms with Crippen LogP contribution in [0.3, 0.4) is 0 Å². The normalized spacial score (nSPS) is 13.5. The second-order valence-electron chi connectivity index (χ2n) is 5.23. The lowest BCUT2D eigenvalue weighted by atomic mass is 10.0. The van der Waals surface area contributed by atoms with E-state index in [0.29, 0.717) is 12.1 Å². The van der Waals surface area contributed by atoms with Crippen LogP contribution in [0, 0.1) is 6.92 Å². The van der Waals surface area contributed by atoms with Crippen LogP contribution >= 0.6 is 15.9 Å². The highest BCUT2D eigenvalue weighted by molar-refractivity contribution is 9.10. The van der Waals surface area contributed by atoms with E-state index in [1.807, 2.05) is 31.2 Å². The Kier molecular flexibility index (Phi) is 3.59. The summed E-state index contributed by atoms with van der Waals surface area (Å²) >= 11 is 3.49. The van der Waals surface area contributed by atoms with Crippen molar-refractivity contribution >= 4 is 44.6 Å². The van der Waals surface area contributed by atoms with Crippen LogP contribution in [0.15, 0.2) is 34.8 Å². The molecule has 0 aliphatic carbocycles. The number of carbonyl (C=O) groups is 1. The summed E-state index contributed by atoms with van der Waals surface area (Å²) in [4.78, 5) is 11.4. The van der Waals surface area contributed by atoms with Gasteiger partial charge in [-0.25, -0.2) is 0 Å². The molecule has 1 amide bonds. The van der Waals surface area contributed by atoms with E-state index in [2.05, 4.69) is 32.6 Å². The summed E-state index contributed by atoms with van der Waals surface area (Å²) in [7, 11) is 0. The second-order valence-corrected chi connectivity index (χ2v) is 6.09. The molecular formula is C16H16BrN3O. The second kappa shape index (κ2) is 5.41. The van der Waals surface area contributed by atoms with Crippen molar-refractivity contribution in [2.45, 2.75) is 19.8 Å². The molecule has 2 aromatic carbocycles. The van der Waals surface area contributed by atoms with Crippen molar-refractivity contribution in [3.63, 3.8) is 0 Å². The molecule has 21 heavy (non-hydrogen) atoms. The van der Waals surface area contributed by atoms with E-state index in [0.717, 1.165) is 39.1 Å². The smallest absolute Gasteiger partial charge is 0.224 e. The Bertz CT molecular complexity index is 728. The number of carbonyl (C=O) groups excluding carboxylic acids is 1. The number of hydrogen-bond acceptors (Lipinski definition) is 3. The van der Waals surface area contributed by atoms with E-state index in [4.69, 9.17) is 5.73 Å². The Hall–Kier alpha value is -2.01. The van der Waals surface area contributed by atoms with Crippen LogP contribution in [-0.4, -0.2) is 5.91 Å². The van der Waals surface area contributed by atoms with E-state index in [1.54, 1.807) is 0 Å². The first-order valence-electron chi connectivity index (χ1n) is 6.78. The van der Waals surface area contributed by atoms with E-state index in [-0.39, 0.29) is 5.91 Å². The Morgan fingerprint density at radius 1 is 1.24 bits per heavy atom. The first kappa shape index (κ1) is 13.9. The molecule has 0 atom stereocenters. The minimum absolute atomic E-state index is 0.0474. The summed E-state index contributed by atoms with van der Waals surface area (Å²) in [5, 5.41) is 6.20. The zero-order chi connectivity index (χ0) is 15.0. The monoisotopic (exact) mass is 345 g/mol. The van der Waals surface area contributed by atoms with Gasteiger partial charge in [-0.05, 0) is 54.8 Å². The number of nitrogens with two attached hydrogens (primary N) is 1. The Morgan fingerprint density at radius 2 is 2.05 bits per heavy atom. The Labute approximate surface area is 131 Å². The van der Waals surface area contributed by atoms with Crippen LogP contribution in [0.2, 0.25) is 0 Å². The van der Waals surface area contributed by atoms with Gasteiger partial charge in [-0.3, -0.25) is 4.79 Å². The molecule has 0 radical (unpaired) electrons. The fraction of sp³-hybridized carbons (Fsp3) is 0.188. The quantitative estimate of drug-likeness (QED) is 0.721. The van der Waals surface area contributed by atoms with Crippen LogP contribution in [-0.2, 0) is 11.2 Å². The predicted molar refractivity (Wildman–Crippen MR) is 90.0 cm³/mol. The van der Waals surface area contributed by atoms with Crippen LogP contribution in [0.4, 0.5) is 22.7 Å². The van der Waals surface area contributed by atoms with Gasteiger partial charge in [-0.2, -0.15) is 0 Å². The molecule has 4 N–H and O–H groups in total. The summed E-state index contributed by atoms with van der Waals surface area (Å²) in [5.74, 6) is 0.0474. The molecule has 0 saturated carbocycles. The summed E-state index contributed by atoms with van der Waals surface area (Å²) in [5.41, 5.74) is 11.6. The number of nitrogen functional groups attached to an aromatic ring is 1. The van der Waals surface area contributed by atoms with Crippen LogP contribution in [0.1, 0.15) is 17.5 Å². The number of nitrogens with one attached hydrogen (secondary N) is 2. The predicted octanol–water partition coefficient (Wildman–Crippen LogP) is 3.97. The Morgan fingerprint density at radius 3 is 2.81 bits per heavy atom. The zero-order valence-electron chi connectivity index (χ0n) is 11.7. The van der Waals surface area contributed by atoms with Crippen LogP contribution in [0.25, 0.3) is 0 Å². The molecule has 1 heterocycles. The highest BCUT2D eigenvalue weighted by Crippen LogP contribution is 2.33.